The van der Waals surface area contributed by atoms with Crippen molar-refractivity contribution < 1.29 is 28.6 Å². The fourth-order valence-corrected chi connectivity index (χ4v) is 8.19. The van der Waals surface area contributed by atoms with E-state index in [0.717, 1.165) is 83.5 Å². The van der Waals surface area contributed by atoms with Gasteiger partial charge in [0, 0.05) is 19.3 Å². The van der Waals surface area contributed by atoms with Crippen LogP contribution in [-0.2, 0) is 28.6 Å². The fourth-order valence-electron chi connectivity index (χ4n) is 8.19. The molecular formula is C64H110O6. The highest BCUT2D eigenvalue weighted by Crippen LogP contribution is 2.16. The molecule has 0 rings (SSSR count). The maximum atomic E-state index is 12.8. The van der Waals surface area contributed by atoms with E-state index >= 15 is 0 Å². The number of hydrogen-bond donors (Lipinski definition) is 0. The minimum atomic E-state index is -0.817. The number of carbonyl (C=O) groups excluding carboxylic acids is 3. The summed E-state index contributed by atoms with van der Waals surface area (Å²) in [7, 11) is 0. The summed E-state index contributed by atoms with van der Waals surface area (Å²) >= 11 is 0. The second-order valence-corrected chi connectivity index (χ2v) is 19.5. The molecule has 0 spiro atoms. The predicted molar refractivity (Wildman–Crippen MR) is 302 cm³/mol. The number of rotatable bonds is 53. The fraction of sp³-hybridized carbons (Fsp3) is 0.734. The summed E-state index contributed by atoms with van der Waals surface area (Å²) in [5.74, 6) is -0.994. The highest BCUT2D eigenvalue weighted by atomic mass is 16.6. The van der Waals surface area contributed by atoms with Gasteiger partial charge in [-0.05, 0) is 103 Å². The molecule has 6 heteroatoms. The molecule has 402 valence electrons. The average molecular weight is 976 g/mol. The van der Waals surface area contributed by atoms with E-state index in [0.29, 0.717) is 19.3 Å². The zero-order chi connectivity index (χ0) is 50.7. The molecule has 0 aliphatic rings. The van der Waals surface area contributed by atoms with Crippen molar-refractivity contribution in [2.24, 2.45) is 0 Å². The Morgan fingerprint density at radius 1 is 0.300 bits per heavy atom. The molecule has 0 saturated heterocycles. The molecule has 0 aromatic heterocycles. The molecule has 0 aliphatic heterocycles. The Kier molecular flexibility index (Phi) is 55.3. The molecule has 0 fully saturated rings. The van der Waals surface area contributed by atoms with Crippen molar-refractivity contribution in [1.82, 2.24) is 0 Å². The Bertz CT molecular complexity index is 1350. The number of ether oxygens (including phenoxy) is 3. The molecule has 1 atom stereocenters. The number of hydrogen-bond acceptors (Lipinski definition) is 6. The second-order valence-electron chi connectivity index (χ2n) is 19.5. The quantitative estimate of drug-likeness (QED) is 0.0261. The Balaban J connectivity index is 4.24. The molecule has 0 radical (unpaired) electrons. The van der Waals surface area contributed by atoms with Gasteiger partial charge in [0.25, 0.3) is 0 Å². The lowest BCUT2D eigenvalue weighted by atomic mass is 10.0. The first kappa shape index (κ1) is 66.6. The number of allylic oxidation sites excluding steroid dienone is 14. The molecule has 0 aliphatic carbocycles. The number of unbranched alkanes of at least 4 members (excludes halogenated alkanes) is 28. The van der Waals surface area contributed by atoms with Crippen LogP contribution in [0.5, 0.6) is 0 Å². The van der Waals surface area contributed by atoms with Crippen molar-refractivity contribution in [1.29, 1.82) is 0 Å². The van der Waals surface area contributed by atoms with E-state index in [9.17, 15) is 14.4 Å². The van der Waals surface area contributed by atoms with Gasteiger partial charge in [0.1, 0.15) is 13.2 Å². The molecule has 0 amide bonds. The maximum absolute atomic E-state index is 12.8. The van der Waals surface area contributed by atoms with Crippen LogP contribution in [0.1, 0.15) is 284 Å². The van der Waals surface area contributed by atoms with Crippen molar-refractivity contribution in [3.05, 3.63) is 85.1 Å². The summed E-state index contributed by atoms with van der Waals surface area (Å²) in [6.45, 7) is 6.43. The summed E-state index contributed by atoms with van der Waals surface area (Å²) in [5, 5.41) is 0. The smallest absolute Gasteiger partial charge is 0.306 e. The van der Waals surface area contributed by atoms with E-state index in [2.05, 4.69) is 93.7 Å². The SMILES string of the molecule is CC/C=C\C/C=C\C/C=C\C/C=C\CCC(=O)OC(COC(=O)CCCCCCC/C=C\CCCCC)COC(=O)CCCCCCCCCCCCCCCCC/C=C\C/C=C\CCCCCCC. The van der Waals surface area contributed by atoms with Gasteiger partial charge in [-0.15, -0.1) is 0 Å². The molecule has 0 aromatic rings. The first-order valence-corrected chi connectivity index (χ1v) is 29.6. The normalized spacial score (nSPS) is 12.7. The van der Waals surface area contributed by atoms with Crippen LogP contribution in [0, 0.1) is 0 Å². The van der Waals surface area contributed by atoms with Crippen LogP contribution in [0.25, 0.3) is 0 Å². The number of carbonyl (C=O) groups is 3. The highest BCUT2D eigenvalue weighted by Gasteiger charge is 2.19. The van der Waals surface area contributed by atoms with Crippen LogP contribution >= 0.6 is 0 Å². The third kappa shape index (κ3) is 55.5. The van der Waals surface area contributed by atoms with Crippen molar-refractivity contribution in [2.45, 2.75) is 290 Å². The Morgan fingerprint density at radius 3 is 0.971 bits per heavy atom. The van der Waals surface area contributed by atoms with Gasteiger partial charge < -0.3 is 14.2 Å². The molecule has 0 heterocycles. The monoisotopic (exact) mass is 975 g/mol. The zero-order valence-electron chi connectivity index (χ0n) is 46.0. The minimum Gasteiger partial charge on any atom is -0.462 e. The van der Waals surface area contributed by atoms with E-state index in [1.165, 1.54) is 154 Å². The molecule has 1 unspecified atom stereocenters. The maximum Gasteiger partial charge on any atom is 0.306 e. The van der Waals surface area contributed by atoms with Crippen LogP contribution in [0.4, 0.5) is 0 Å². The summed E-state index contributed by atoms with van der Waals surface area (Å²) in [5.41, 5.74) is 0. The summed E-state index contributed by atoms with van der Waals surface area (Å²) in [6.07, 6.45) is 76.1. The van der Waals surface area contributed by atoms with Gasteiger partial charge in [0.2, 0.25) is 0 Å². The summed E-state index contributed by atoms with van der Waals surface area (Å²) in [6, 6.07) is 0. The van der Waals surface area contributed by atoms with Gasteiger partial charge in [-0.3, -0.25) is 14.4 Å². The van der Waals surface area contributed by atoms with E-state index in [1.807, 2.05) is 12.2 Å². The average Bonchev–Trinajstić information content (AvgIpc) is 3.36. The predicted octanol–water partition coefficient (Wildman–Crippen LogP) is 19.9. The van der Waals surface area contributed by atoms with Crippen LogP contribution in [0.2, 0.25) is 0 Å². The van der Waals surface area contributed by atoms with Crippen LogP contribution in [0.15, 0.2) is 85.1 Å². The topological polar surface area (TPSA) is 78.9 Å². The van der Waals surface area contributed by atoms with Crippen molar-refractivity contribution in [3.8, 4) is 0 Å². The summed E-state index contributed by atoms with van der Waals surface area (Å²) < 4.78 is 16.8. The molecule has 0 bridgehead atoms. The van der Waals surface area contributed by atoms with E-state index in [-0.39, 0.29) is 31.6 Å². The largest absolute Gasteiger partial charge is 0.462 e. The Morgan fingerprint density at radius 2 is 0.586 bits per heavy atom. The first-order chi connectivity index (χ1) is 34.5. The Labute approximate surface area is 433 Å². The lowest BCUT2D eigenvalue weighted by Gasteiger charge is -2.18. The third-order valence-corrected chi connectivity index (χ3v) is 12.6. The molecule has 6 nitrogen and oxygen atoms in total. The standard InChI is InChI=1S/C64H110O6/c1-4-7-10-13-16-19-22-25-26-27-28-29-30-31-32-33-34-35-36-37-38-40-42-45-48-51-54-57-63(66)69-60-61(59-68-62(65)56-53-50-47-44-41-24-21-18-15-12-9-6-3)70-64(67)58-55-52-49-46-43-39-23-20-17-14-11-8-5-2/h8,11,17-18,20-22,25,27-28,39,43,49,52,61H,4-7,9-10,12-16,19,23-24,26,29-38,40-42,44-48,50-51,53-60H2,1-3H3/b11-8-,20-17-,21-18-,25-22-,28-27-,43-39-,52-49-. The molecule has 0 aromatic carbocycles. The Hall–Kier alpha value is -3.41. The van der Waals surface area contributed by atoms with Gasteiger partial charge in [-0.1, -0.05) is 247 Å². The van der Waals surface area contributed by atoms with E-state index < -0.39 is 12.1 Å². The van der Waals surface area contributed by atoms with Crippen molar-refractivity contribution in [2.75, 3.05) is 13.2 Å². The van der Waals surface area contributed by atoms with Crippen LogP contribution < -0.4 is 0 Å². The number of esters is 3. The van der Waals surface area contributed by atoms with Gasteiger partial charge in [-0.25, -0.2) is 0 Å². The lowest BCUT2D eigenvalue weighted by Crippen LogP contribution is -2.30. The van der Waals surface area contributed by atoms with Crippen LogP contribution in [-0.4, -0.2) is 37.2 Å². The first-order valence-electron chi connectivity index (χ1n) is 29.6. The van der Waals surface area contributed by atoms with Crippen LogP contribution in [0.3, 0.4) is 0 Å². The highest BCUT2D eigenvalue weighted by molar-refractivity contribution is 5.71. The van der Waals surface area contributed by atoms with Gasteiger partial charge in [0.05, 0.1) is 0 Å². The second kappa shape index (κ2) is 58.2. The molecule has 0 N–H and O–H groups in total. The molecule has 0 saturated carbocycles. The third-order valence-electron chi connectivity index (χ3n) is 12.6. The molecular weight excluding hydrogens is 865 g/mol. The lowest BCUT2D eigenvalue weighted by molar-refractivity contribution is -0.166. The van der Waals surface area contributed by atoms with Gasteiger partial charge in [-0.2, -0.15) is 0 Å². The van der Waals surface area contributed by atoms with Crippen molar-refractivity contribution in [3.63, 3.8) is 0 Å². The van der Waals surface area contributed by atoms with Crippen molar-refractivity contribution >= 4 is 17.9 Å². The van der Waals surface area contributed by atoms with Gasteiger partial charge >= 0.3 is 17.9 Å². The minimum absolute atomic E-state index is 0.107. The van der Waals surface area contributed by atoms with E-state index in [4.69, 9.17) is 14.2 Å². The zero-order valence-corrected chi connectivity index (χ0v) is 46.0. The molecule has 70 heavy (non-hydrogen) atoms. The van der Waals surface area contributed by atoms with Gasteiger partial charge in [0.15, 0.2) is 6.10 Å². The van der Waals surface area contributed by atoms with E-state index in [1.54, 1.807) is 0 Å². The summed E-state index contributed by atoms with van der Waals surface area (Å²) in [4.78, 5) is 38.0.